The summed E-state index contributed by atoms with van der Waals surface area (Å²) in [4.78, 5) is 0.112. The first-order valence-corrected chi connectivity index (χ1v) is 7.44. The van der Waals surface area contributed by atoms with Crippen LogP contribution in [-0.4, -0.2) is 23.2 Å². The summed E-state index contributed by atoms with van der Waals surface area (Å²) in [6.45, 7) is 3.74. The summed E-state index contributed by atoms with van der Waals surface area (Å²) in [5.41, 5.74) is 1.32. The van der Waals surface area contributed by atoms with Gasteiger partial charge < -0.3 is 9.30 Å². The van der Waals surface area contributed by atoms with E-state index in [1.807, 2.05) is 7.05 Å². The van der Waals surface area contributed by atoms with Gasteiger partial charge in [-0.25, -0.2) is 13.6 Å². The molecule has 0 saturated carbocycles. The van der Waals surface area contributed by atoms with Gasteiger partial charge in [-0.1, -0.05) is 0 Å². The summed E-state index contributed by atoms with van der Waals surface area (Å²) in [5.74, 6) is 1.27. The lowest BCUT2D eigenvalue weighted by atomic mass is 10.1. The van der Waals surface area contributed by atoms with Crippen LogP contribution >= 0.6 is 0 Å². The molecule has 2 N–H and O–H groups in total. The summed E-state index contributed by atoms with van der Waals surface area (Å²) in [7, 11) is -1.90. The monoisotopic (exact) mass is 296 g/mol. The Balaban J connectivity index is 2.27. The molecule has 20 heavy (non-hydrogen) atoms. The molecule has 0 fully saturated rings. The first kappa shape index (κ1) is 14.5. The number of nitrogens with two attached hydrogens (primary N) is 1. The Morgan fingerprint density at radius 2 is 2.00 bits per heavy atom. The summed E-state index contributed by atoms with van der Waals surface area (Å²) >= 11 is 0. The maximum atomic E-state index is 11.4. The molecule has 0 radical (unpaired) electrons. The Morgan fingerprint density at radius 3 is 2.55 bits per heavy atom. The minimum atomic E-state index is -3.72. The minimum absolute atomic E-state index is 0.112. The zero-order chi connectivity index (χ0) is 14.9. The van der Waals surface area contributed by atoms with Gasteiger partial charge in [0.2, 0.25) is 10.0 Å². The molecular formula is C12H16N4O3S. The average molecular weight is 296 g/mol. The number of aryl methyl sites for hydroxylation is 1. The number of hydrogen-bond donors (Lipinski definition) is 1. The maximum absolute atomic E-state index is 11.4. The van der Waals surface area contributed by atoms with Crippen molar-refractivity contribution in [1.82, 2.24) is 14.8 Å². The highest BCUT2D eigenvalue weighted by atomic mass is 32.2. The molecular weight excluding hydrogens is 280 g/mol. The number of benzene rings is 1. The highest BCUT2D eigenvalue weighted by molar-refractivity contribution is 7.89. The standard InChI is InChI=1S/C12H16N4O3S/c1-8-9(2)11(20(13,17)18)5-4-10(8)19-6-12-15-14-7-16(12)3/h4-5,7H,6H2,1-3H3,(H2,13,17,18). The SMILES string of the molecule is Cc1c(OCc2nncn2C)ccc(S(N)(=O)=O)c1C. The number of rotatable bonds is 4. The minimum Gasteiger partial charge on any atom is -0.485 e. The van der Waals surface area contributed by atoms with Gasteiger partial charge in [-0.2, -0.15) is 0 Å². The van der Waals surface area contributed by atoms with Crippen molar-refractivity contribution in [3.05, 3.63) is 35.4 Å². The van der Waals surface area contributed by atoms with Crippen LogP contribution in [0.2, 0.25) is 0 Å². The van der Waals surface area contributed by atoms with Crippen LogP contribution in [0.5, 0.6) is 5.75 Å². The summed E-state index contributed by atoms with van der Waals surface area (Å²) in [6.07, 6.45) is 1.58. The van der Waals surface area contributed by atoms with E-state index in [2.05, 4.69) is 10.2 Å². The van der Waals surface area contributed by atoms with Gasteiger partial charge >= 0.3 is 0 Å². The fourth-order valence-corrected chi connectivity index (χ4v) is 2.65. The molecule has 0 aliphatic heterocycles. The molecule has 1 aromatic heterocycles. The molecule has 1 aromatic carbocycles. The Labute approximate surface area is 117 Å². The number of hydrogen-bond acceptors (Lipinski definition) is 5. The molecule has 0 saturated heterocycles. The van der Waals surface area contributed by atoms with Crippen LogP contribution in [0.25, 0.3) is 0 Å². The summed E-state index contributed by atoms with van der Waals surface area (Å²) in [5, 5.41) is 12.8. The quantitative estimate of drug-likeness (QED) is 0.893. The van der Waals surface area contributed by atoms with E-state index >= 15 is 0 Å². The molecule has 8 heteroatoms. The molecule has 1 heterocycles. The van der Waals surface area contributed by atoms with Gasteiger partial charge in [0, 0.05) is 7.05 Å². The van der Waals surface area contributed by atoms with Crippen molar-refractivity contribution in [1.29, 1.82) is 0 Å². The second kappa shape index (κ2) is 5.22. The molecule has 0 atom stereocenters. The van der Waals surface area contributed by atoms with Crippen molar-refractivity contribution >= 4 is 10.0 Å². The molecule has 108 valence electrons. The van der Waals surface area contributed by atoms with Crippen molar-refractivity contribution in [2.24, 2.45) is 12.2 Å². The second-order valence-corrected chi connectivity index (χ2v) is 6.03. The predicted molar refractivity (Wildman–Crippen MR) is 72.6 cm³/mol. The Kier molecular flexibility index (Phi) is 3.78. The smallest absolute Gasteiger partial charge is 0.238 e. The van der Waals surface area contributed by atoms with E-state index in [9.17, 15) is 8.42 Å². The first-order valence-electron chi connectivity index (χ1n) is 5.89. The van der Waals surface area contributed by atoms with Gasteiger partial charge in [0.15, 0.2) is 5.82 Å². The van der Waals surface area contributed by atoms with E-state index in [0.717, 1.165) is 5.56 Å². The summed E-state index contributed by atoms with van der Waals surface area (Å²) in [6, 6.07) is 3.04. The third-order valence-electron chi connectivity index (χ3n) is 3.16. The lowest BCUT2D eigenvalue weighted by Gasteiger charge is -2.13. The molecule has 7 nitrogen and oxygen atoms in total. The van der Waals surface area contributed by atoms with E-state index in [-0.39, 0.29) is 11.5 Å². The highest BCUT2D eigenvalue weighted by Crippen LogP contribution is 2.26. The van der Waals surface area contributed by atoms with Gasteiger partial charge in [0.05, 0.1) is 4.90 Å². The van der Waals surface area contributed by atoms with Gasteiger partial charge in [-0.05, 0) is 37.1 Å². The second-order valence-electron chi connectivity index (χ2n) is 4.50. The average Bonchev–Trinajstić information content (AvgIpc) is 2.75. The van der Waals surface area contributed by atoms with Crippen LogP contribution in [0.15, 0.2) is 23.4 Å². The Morgan fingerprint density at radius 1 is 1.30 bits per heavy atom. The fourth-order valence-electron chi connectivity index (χ4n) is 1.82. The third-order valence-corrected chi connectivity index (χ3v) is 4.21. The zero-order valence-electron chi connectivity index (χ0n) is 11.5. The van der Waals surface area contributed by atoms with E-state index in [0.29, 0.717) is 17.1 Å². The van der Waals surface area contributed by atoms with E-state index in [4.69, 9.17) is 9.88 Å². The van der Waals surface area contributed by atoms with Crippen molar-refractivity contribution in [2.45, 2.75) is 25.3 Å². The number of sulfonamides is 1. The molecule has 0 unspecified atom stereocenters. The molecule has 2 rings (SSSR count). The number of primary sulfonamides is 1. The molecule has 0 amide bonds. The van der Waals surface area contributed by atoms with Gasteiger partial charge in [0.1, 0.15) is 18.7 Å². The van der Waals surface area contributed by atoms with Crippen LogP contribution in [0.3, 0.4) is 0 Å². The van der Waals surface area contributed by atoms with Crippen LogP contribution in [-0.2, 0) is 23.7 Å². The highest BCUT2D eigenvalue weighted by Gasteiger charge is 2.15. The Hall–Kier alpha value is -1.93. The number of ether oxygens (including phenoxy) is 1. The number of aromatic nitrogens is 3. The van der Waals surface area contributed by atoms with Crippen LogP contribution in [0.4, 0.5) is 0 Å². The van der Waals surface area contributed by atoms with E-state index in [1.54, 1.807) is 30.8 Å². The van der Waals surface area contributed by atoms with Crippen LogP contribution in [0.1, 0.15) is 17.0 Å². The van der Waals surface area contributed by atoms with Crippen molar-refractivity contribution in [3.63, 3.8) is 0 Å². The van der Waals surface area contributed by atoms with Gasteiger partial charge in [0.25, 0.3) is 0 Å². The van der Waals surface area contributed by atoms with Crippen LogP contribution < -0.4 is 9.88 Å². The van der Waals surface area contributed by atoms with E-state index < -0.39 is 10.0 Å². The predicted octanol–water partition coefficient (Wildman–Crippen LogP) is 0.658. The maximum Gasteiger partial charge on any atom is 0.238 e. The van der Waals surface area contributed by atoms with Crippen molar-refractivity contribution in [2.75, 3.05) is 0 Å². The first-order chi connectivity index (χ1) is 9.30. The molecule has 2 aromatic rings. The fraction of sp³-hybridized carbons (Fsp3) is 0.333. The van der Waals surface area contributed by atoms with Crippen LogP contribution in [0, 0.1) is 13.8 Å². The van der Waals surface area contributed by atoms with E-state index in [1.165, 1.54) is 6.07 Å². The Bertz CT molecular complexity index is 737. The third kappa shape index (κ3) is 2.81. The lowest BCUT2D eigenvalue weighted by Crippen LogP contribution is -2.14. The van der Waals surface area contributed by atoms with Crippen molar-refractivity contribution < 1.29 is 13.2 Å². The molecule has 0 spiro atoms. The lowest BCUT2D eigenvalue weighted by molar-refractivity contribution is 0.289. The molecule has 0 aliphatic carbocycles. The largest absolute Gasteiger partial charge is 0.485 e. The van der Waals surface area contributed by atoms with Gasteiger partial charge in [-0.15, -0.1) is 10.2 Å². The topological polar surface area (TPSA) is 100 Å². The molecule has 0 aliphatic rings. The summed E-state index contributed by atoms with van der Waals surface area (Å²) < 4.78 is 30.2. The molecule has 0 bridgehead atoms. The number of nitrogens with zero attached hydrogens (tertiary/aromatic N) is 3. The zero-order valence-corrected chi connectivity index (χ0v) is 12.3. The van der Waals surface area contributed by atoms with Gasteiger partial charge in [-0.3, -0.25) is 0 Å². The van der Waals surface area contributed by atoms with Crippen molar-refractivity contribution in [3.8, 4) is 5.75 Å². The normalized spacial score (nSPS) is 11.6.